The molecule has 2 aliphatic heterocycles. The maximum absolute atomic E-state index is 13.0. The van der Waals surface area contributed by atoms with E-state index in [9.17, 15) is 4.79 Å². The number of para-hydroxylation sites is 2. The van der Waals surface area contributed by atoms with Crippen LogP contribution in [-0.4, -0.2) is 40.5 Å². The number of piperidine rings is 1. The Morgan fingerprint density at radius 1 is 1.17 bits per heavy atom. The van der Waals surface area contributed by atoms with E-state index in [1.165, 1.54) is 0 Å². The summed E-state index contributed by atoms with van der Waals surface area (Å²) in [6.45, 7) is 2.26. The summed E-state index contributed by atoms with van der Waals surface area (Å²) in [6.07, 6.45) is 4.93. The van der Waals surface area contributed by atoms with Crippen LogP contribution in [0.5, 0.6) is 0 Å². The van der Waals surface area contributed by atoms with Crippen LogP contribution in [0.2, 0.25) is 0 Å². The summed E-state index contributed by atoms with van der Waals surface area (Å²) in [6, 6.07) is 8.16. The number of hydrogen-bond acceptors (Lipinski definition) is 3. The number of fused-ring (bicyclic) bond motifs is 1. The van der Waals surface area contributed by atoms with Gasteiger partial charge in [0.2, 0.25) is 5.91 Å². The number of carbonyl (C=O) groups excluding carboxylic acids is 1. The minimum Gasteiger partial charge on any atom is -0.381 e. The normalized spacial score (nSPS) is 23.3. The molecule has 1 atom stereocenters. The van der Waals surface area contributed by atoms with Crippen molar-refractivity contribution in [1.29, 1.82) is 0 Å². The highest BCUT2D eigenvalue weighted by Crippen LogP contribution is 2.33. The highest BCUT2D eigenvalue weighted by molar-refractivity contribution is 5.80. The van der Waals surface area contributed by atoms with Gasteiger partial charge in [0, 0.05) is 25.7 Å². The summed E-state index contributed by atoms with van der Waals surface area (Å²) in [4.78, 5) is 23.2. The number of amides is 1. The van der Waals surface area contributed by atoms with Crippen LogP contribution in [0.15, 0.2) is 24.3 Å². The molecule has 2 aliphatic rings. The van der Waals surface area contributed by atoms with Gasteiger partial charge < -0.3 is 14.6 Å². The molecule has 0 saturated carbocycles. The van der Waals surface area contributed by atoms with E-state index in [-0.39, 0.29) is 12.0 Å². The topological polar surface area (TPSA) is 58.2 Å². The molecule has 5 heteroatoms. The summed E-state index contributed by atoms with van der Waals surface area (Å²) < 4.78 is 5.40. The number of hydrogen-bond donors (Lipinski definition) is 1. The van der Waals surface area contributed by atoms with Crippen molar-refractivity contribution in [2.75, 3.05) is 19.8 Å². The van der Waals surface area contributed by atoms with Crippen molar-refractivity contribution in [1.82, 2.24) is 14.9 Å². The van der Waals surface area contributed by atoms with Crippen LogP contribution >= 0.6 is 0 Å². The number of likely N-dealkylation sites (tertiary alicyclic amines) is 1. The molecule has 2 fully saturated rings. The highest BCUT2D eigenvalue weighted by atomic mass is 16.5. The zero-order valence-electron chi connectivity index (χ0n) is 13.3. The molecule has 5 nitrogen and oxygen atoms in total. The molecule has 0 bridgehead atoms. The monoisotopic (exact) mass is 313 g/mol. The third-order valence-corrected chi connectivity index (χ3v) is 5.08. The molecule has 0 aliphatic carbocycles. The van der Waals surface area contributed by atoms with Gasteiger partial charge in [-0.2, -0.15) is 0 Å². The van der Waals surface area contributed by atoms with Crippen LogP contribution in [0.3, 0.4) is 0 Å². The van der Waals surface area contributed by atoms with E-state index in [4.69, 9.17) is 9.72 Å². The van der Waals surface area contributed by atoms with Crippen molar-refractivity contribution in [2.24, 2.45) is 5.92 Å². The van der Waals surface area contributed by atoms with Crippen molar-refractivity contribution in [3.63, 3.8) is 0 Å². The summed E-state index contributed by atoms with van der Waals surface area (Å²) in [5.41, 5.74) is 2.03. The quantitative estimate of drug-likeness (QED) is 0.927. The van der Waals surface area contributed by atoms with Crippen molar-refractivity contribution in [3.05, 3.63) is 30.1 Å². The Morgan fingerprint density at radius 3 is 2.83 bits per heavy atom. The molecule has 122 valence electrons. The number of ether oxygens (including phenoxy) is 1. The molecule has 4 rings (SSSR count). The van der Waals surface area contributed by atoms with Crippen molar-refractivity contribution >= 4 is 16.9 Å². The van der Waals surface area contributed by atoms with Gasteiger partial charge in [0.25, 0.3) is 0 Å². The molecule has 2 aromatic rings. The molecular formula is C18H23N3O2. The largest absolute Gasteiger partial charge is 0.381 e. The Morgan fingerprint density at radius 2 is 2.00 bits per heavy atom. The van der Waals surface area contributed by atoms with Crippen molar-refractivity contribution < 1.29 is 9.53 Å². The fourth-order valence-electron chi connectivity index (χ4n) is 3.79. The van der Waals surface area contributed by atoms with Gasteiger partial charge in [-0.05, 0) is 44.2 Å². The van der Waals surface area contributed by atoms with Gasteiger partial charge in [0.05, 0.1) is 17.1 Å². The van der Waals surface area contributed by atoms with Crippen molar-refractivity contribution in [3.8, 4) is 0 Å². The second-order valence-electron chi connectivity index (χ2n) is 6.57. The number of aromatic nitrogens is 2. The number of benzene rings is 1. The van der Waals surface area contributed by atoms with E-state index in [2.05, 4.69) is 9.88 Å². The third kappa shape index (κ3) is 2.85. The number of H-pyrrole nitrogens is 1. The van der Waals surface area contributed by atoms with Gasteiger partial charge in [-0.15, -0.1) is 0 Å². The Bertz CT molecular complexity index is 657. The lowest BCUT2D eigenvalue weighted by molar-refractivity contribution is -0.142. The smallest absolute Gasteiger partial charge is 0.226 e. The van der Waals surface area contributed by atoms with E-state index in [1.807, 2.05) is 24.3 Å². The maximum atomic E-state index is 13.0. The fraction of sp³-hybridized carbons (Fsp3) is 0.556. The summed E-state index contributed by atoms with van der Waals surface area (Å²) in [5, 5.41) is 0. The van der Waals surface area contributed by atoms with Crippen LogP contribution in [0, 0.1) is 5.92 Å². The van der Waals surface area contributed by atoms with Gasteiger partial charge in [0.1, 0.15) is 5.82 Å². The van der Waals surface area contributed by atoms with Gasteiger partial charge in [-0.3, -0.25) is 4.79 Å². The average molecular weight is 313 g/mol. The second kappa shape index (κ2) is 6.32. The zero-order valence-corrected chi connectivity index (χ0v) is 13.3. The van der Waals surface area contributed by atoms with E-state index in [0.29, 0.717) is 19.1 Å². The highest BCUT2D eigenvalue weighted by Gasteiger charge is 2.34. The molecular weight excluding hydrogens is 290 g/mol. The first kappa shape index (κ1) is 14.7. The number of aromatic amines is 1. The molecule has 1 aromatic carbocycles. The minimum absolute atomic E-state index is 0.0893. The van der Waals surface area contributed by atoms with Gasteiger partial charge >= 0.3 is 0 Å². The molecule has 23 heavy (non-hydrogen) atoms. The number of carbonyl (C=O) groups is 1. The summed E-state index contributed by atoms with van der Waals surface area (Å²) in [5.74, 6) is 1.35. The summed E-state index contributed by atoms with van der Waals surface area (Å²) >= 11 is 0. The Labute approximate surface area is 136 Å². The molecule has 1 unspecified atom stereocenters. The Balaban J connectivity index is 1.60. The van der Waals surface area contributed by atoms with Crippen LogP contribution in [0.1, 0.15) is 44.0 Å². The molecule has 1 aromatic heterocycles. The second-order valence-corrected chi connectivity index (χ2v) is 6.57. The molecule has 3 heterocycles. The van der Waals surface area contributed by atoms with Gasteiger partial charge in [-0.1, -0.05) is 12.1 Å². The SMILES string of the molecule is O=C(C1CCOCC1)N1CCCCC1c1nc2ccccc2[nH]1. The lowest BCUT2D eigenvalue weighted by atomic mass is 9.94. The number of nitrogens with one attached hydrogen (secondary N) is 1. The lowest BCUT2D eigenvalue weighted by Gasteiger charge is -2.37. The van der Waals surface area contributed by atoms with Gasteiger partial charge in [-0.25, -0.2) is 4.98 Å². The number of nitrogens with zero attached hydrogens (tertiary/aromatic N) is 2. The molecule has 0 radical (unpaired) electrons. The summed E-state index contributed by atoms with van der Waals surface area (Å²) in [7, 11) is 0. The fourth-order valence-corrected chi connectivity index (χ4v) is 3.79. The number of rotatable bonds is 2. The van der Waals surface area contributed by atoms with Crippen LogP contribution in [0.4, 0.5) is 0 Å². The standard InChI is InChI=1S/C18H23N3O2/c22-18(13-8-11-23-12-9-13)21-10-4-3-7-16(21)17-19-14-5-1-2-6-15(14)20-17/h1-2,5-6,13,16H,3-4,7-12H2,(H,19,20). The van der Waals surface area contributed by atoms with E-state index in [0.717, 1.165) is 55.5 Å². The van der Waals surface area contributed by atoms with Crippen molar-refractivity contribution in [2.45, 2.75) is 38.1 Å². The van der Waals surface area contributed by atoms with E-state index in [1.54, 1.807) is 0 Å². The predicted octanol–water partition coefficient (Wildman–Crippen LogP) is 3.04. The first-order chi connectivity index (χ1) is 11.3. The minimum atomic E-state index is 0.0893. The van der Waals surface area contributed by atoms with Crippen LogP contribution in [-0.2, 0) is 9.53 Å². The first-order valence-corrected chi connectivity index (χ1v) is 8.66. The lowest BCUT2D eigenvalue weighted by Crippen LogP contribution is -2.43. The molecule has 1 N–H and O–H groups in total. The van der Waals surface area contributed by atoms with E-state index >= 15 is 0 Å². The molecule has 1 amide bonds. The Kier molecular flexibility index (Phi) is 4.04. The molecule has 2 saturated heterocycles. The van der Waals surface area contributed by atoms with Crippen LogP contribution in [0.25, 0.3) is 11.0 Å². The maximum Gasteiger partial charge on any atom is 0.226 e. The number of imidazole rings is 1. The third-order valence-electron chi connectivity index (χ3n) is 5.08. The van der Waals surface area contributed by atoms with E-state index < -0.39 is 0 Å². The first-order valence-electron chi connectivity index (χ1n) is 8.66. The Hall–Kier alpha value is -1.88. The van der Waals surface area contributed by atoms with Crippen LogP contribution < -0.4 is 0 Å². The zero-order chi connectivity index (χ0) is 15.6. The van der Waals surface area contributed by atoms with Gasteiger partial charge in [0.15, 0.2) is 0 Å². The average Bonchev–Trinajstić information content (AvgIpc) is 3.06. The predicted molar refractivity (Wildman–Crippen MR) is 87.9 cm³/mol. The molecule has 0 spiro atoms.